The van der Waals surface area contributed by atoms with Gasteiger partial charge in [0.05, 0.1) is 6.54 Å². The SMILES string of the molecule is CCC(CNC(=O)C1(OC)CCNCC1)Oc1ccccc1C.Cl. The maximum Gasteiger partial charge on any atom is 0.252 e. The number of nitrogens with one attached hydrogen (secondary N) is 2. The van der Waals surface area contributed by atoms with E-state index >= 15 is 0 Å². The summed E-state index contributed by atoms with van der Waals surface area (Å²) in [5.41, 5.74) is 0.399. The summed E-state index contributed by atoms with van der Waals surface area (Å²) in [4.78, 5) is 12.6. The second kappa shape index (κ2) is 9.87. The largest absolute Gasteiger partial charge is 0.488 e. The van der Waals surface area contributed by atoms with Crippen molar-refractivity contribution >= 4 is 18.3 Å². The molecule has 5 nitrogen and oxygen atoms in total. The van der Waals surface area contributed by atoms with Gasteiger partial charge in [-0.15, -0.1) is 12.4 Å². The van der Waals surface area contributed by atoms with Crippen molar-refractivity contribution in [2.75, 3.05) is 26.7 Å². The van der Waals surface area contributed by atoms with Crippen LogP contribution in [0.1, 0.15) is 31.7 Å². The van der Waals surface area contributed by atoms with Crippen LogP contribution in [0.2, 0.25) is 0 Å². The molecule has 0 aliphatic carbocycles. The Balaban J connectivity index is 0.00000288. The van der Waals surface area contributed by atoms with Gasteiger partial charge in [0.25, 0.3) is 5.91 Å². The Hall–Kier alpha value is -1.30. The fourth-order valence-corrected chi connectivity index (χ4v) is 2.86. The Kier molecular flexibility index (Phi) is 8.53. The van der Waals surface area contributed by atoms with Gasteiger partial charge in [-0.25, -0.2) is 0 Å². The van der Waals surface area contributed by atoms with E-state index in [1.807, 2.05) is 31.2 Å². The monoisotopic (exact) mass is 356 g/mol. The quantitative estimate of drug-likeness (QED) is 0.788. The lowest BCUT2D eigenvalue weighted by molar-refractivity contribution is -0.147. The number of hydrogen-bond donors (Lipinski definition) is 2. The number of rotatable bonds is 7. The second-order valence-corrected chi connectivity index (χ2v) is 6.07. The molecule has 1 aliphatic heterocycles. The molecule has 136 valence electrons. The van der Waals surface area contributed by atoms with Gasteiger partial charge in [-0.05, 0) is 50.9 Å². The first kappa shape index (κ1) is 20.7. The highest BCUT2D eigenvalue weighted by molar-refractivity contribution is 5.85. The number of halogens is 1. The number of carbonyl (C=O) groups is 1. The van der Waals surface area contributed by atoms with Gasteiger partial charge < -0.3 is 20.1 Å². The predicted octanol–water partition coefficient (Wildman–Crippen LogP) is 2.46. The van der Waals surface area contributed by atoms with E-state index in [2.05, 4.69) is 17.6 Å². The normalized spacial score (nSPS) is 17.5. The standard InChI is InChI=1S/C18H28N2O3.ClH/c1-4-15(23-16-8-6-5-7-14(16)2)13-20-17(21)18(22-3)9-11-19-12-10-18;/h5-8,15,19H,4,9-13H2,1-3H3,(H,20,21);1H. The first-order chi connectivity index (χ1) is 11.1. The minimum absolute atomic E-state index is 0. The Labute approximate surface area is 150 Å². The van der Waals surface area contributed by atoms with Crippen molar-refractivity contribution in [2.45, 2.75) is 44.8 Å². The van der Waals surface area contributed by atoms with Crippen LogP contribution in [-0.2, 0) is 9.53 Å². The number of amides is 1. The van der Waals surface area contributed by atoms with Crippen molar-refractivity contribution < 1.29 is 14.3 Å². The van der Waals surface area contributed by atoms with E-state index < -0.39 is 5.60 Å². The molecule has 1 aromatic rings. The van der Waals surface area contributed by atoms with E-state index in [1.165, 1.54) is 0 Å². The zero-order valence-corrected chi connectivity index (χ0v) is 15.6. The maximum atomic E-state index is 12.6. The van der Waals surface area contributed by atoms with Crippen molar-refractivity contribution in [1.29, 1.82) is 0 Å². The number of ether oxygens (including phenoxy) is 2. The lowest BCUT2D eigenvalue weighted by Crippen LogP contribution is -2.55. The summed E-state index contributed by atoms with van der Waals surface area (Å²) in [5.74, 6) is 0.838. The Morgan fingerprint density at radius 2 is 2.00 bits per heavy atom. The van der Waals surface area contributed by atoms with Gasteiger partial charge in [-0.1, -0.05) is 25.1 Å². The smallest absolute Gasteiger partial charge is 0.252 e. The molecule has 0 aromatic heterocycles. The van der Waals surface area contributed by atoms with Gasteiger partial charge in [0, 0.05) is 7.11 Å². The number of piperidine rings is 1. The van der Waals surface area contributed by atoms with Crippen LogP contribution in [0, 0.1) is 6.92 Å². The molecule has 24 heavy (non-hydrogen) atoms. The molecule has 1 fully saturated rings. The molecule has 1 unspecified atom stereocenters. The topological polar surface area (TPSA) is 59.6 Å². The summed E-state index contributed by atoms with van der Waals surface area (Å²) >= 11 is 0. The number of carbonyl (C=O) groups excluding carboxylic acids is 1. The summed E-state index contributed by atoms with van der Waals surface area (Å²) in [5, 5.41) is 6.28. The van der Waals surface area contributed by atoms with Gasteiger partial charge in [0.1, 0.15) is 17.5 Å². The third-order valence-corrected chi connectivity index (χ3v) is 4.55. The number of methoxy groups -OCH3 is 1. The van der Waals surface area contributed by atoms with Gasteiger partial charge in [0.2, 0.25) is 0 Å². The molecule has 2 rings (SSSR count). The molecule has 1 saturated heterocycles. The van der Waals surface area contributed by atoms with E-state index in [9.17, 15) is 4.79 Å². The van der Waals surface area contributed by atoms with Crippen LogP contribution < -0.4 is 15.4 Å². The summed E-state index contributed by atoms with van der Waals surface area (Å²) < 4.78 is 11.6. The second-order valence-electron chi connectivity index (χ2n) is 6.07. The number of hydrogen-bond acceptors (Lipinski definition) is 4. The van der Waals surface area contributed by atoms with Gasteiger partial charge in [-0.3, -0.25) is 4.79 Å². The fraction of sp³-hybridized carbons (Fsp3) is 0.611. The molecule has 1 aromatic carbocycles. The minimum Gasteiger partial charge on any atom is -0.488 e. The number of aryl methyl sites for hydroxylation is 1. The molecule has 0 saturated carbocycles. The van der Waals surface area contributed by atoms with Crippen LogP contribution in [-0.4, -0.2) is 44.4 Å². The number of para-hydroxylation sites is 1. The van der Waals surface area contributed by atoms with Crippen LogP contribution in [0.5, 0.6) is 5.75 Å². The van der Waals surface area contributed by atoms with E-state index in [-0.39, 0.29) is 24.4 Å². The van der Waals surface area contributed by atoms with Crippen LogP contribution in [0.25, 0.3) is 0 Å². The molecule has 1 aliphatic rings. The van der Waals surface area contributed by atoms with Crippen molar-refractivity contribution in [3.63, 3.8) is 0 Å². The molecule has 2 N–H and O–H groups in total. The van der Waals surface area contributed by atoms with Crippen molar-refractivity contribution in [2.24, 2.45) is 0 Å². The first-order valence-corrected chi connectivity index (χ1v) is 8.38. The fourth-order valence-electron chi connectivity index (χ4n) is 2.86. The average molecular weight is 357 g/mol. The van der Waals surface area contributed by atoms with E-state index in [4.69, 9.17) is 9.47 Å². The highest BCUT2D eigenvalue weighted by atomic mass is 35.5. The van der Waals surface area contributed by atoms with E-state index in [1.54, 1.807) is 7.11 Å². The lowest BCUT2D eigenvalue weighted by Gasteiger charge is -2.35. The maximum absolute atomic E-state index is 12.6. The van der Waals surface area contributed by atoms with Crippen molar-refractivity contribution in [1.82, 2.24) is 10.6 Å². The van der Waals surface area contributed by atoms with Crippen LogP contribution in [0.4, 0.5) is 0 Å². The zero-order valence-electron chi connectivity index (χ0n) is 14.8. The van der Waals surface area contributed by atoms with Gasteiger partial charge >= 0.3 is 0 Å². The van der Waals surface area contributed by atoms with Crippen molar-refractivity contribution in [3.05, 3.63) is 29.8 Å². The van der Waals surface area contributed by atoms with Crippen LogP contribution in [0.3, 0.4) is 0 Å². The molecule has 0 bridgehead atoms. The third-order valence-electron chi connectivity index (χ3n) is 4.55. The Bertz CT molecular complexity index is 519. The molecule has 1 atom stereocenters. The molecule has 0 radical (unpaired) electrons. The number of benzene rings is 1. The first-order valence-electron chi connectivity index (χ1n) is 8.38. The van der Waals surface area contributed by atoms with Crippen LogP contribution in [0.15, 0.2) is 24.3 Å². The molecular formula is C18H29ClN2O3. The zero-order chi connectivity index (χ0) is 16.7. The van der Waals surface area contributed by atoms with Crippen molar-refractivity contribution in [3.8, 4) is 5.75 Å². The highest BCUT2D eigenvalue weighted by Crippen LogP contribution is 2.23. The third kappa shape index (κ3) is 5.10. The van der Waals surface area contributed by atoms with Gasteiger partial charge in [-0.2, -0.15) is 0 Å². The van der Waals surface area contributed by atoms with Gasteiger partial charge in [0.15, 0.2) is 0 Å². The molecule has 0 spiro atoms. The Morgan fingerprint density at radius 1 is 1.33 bits per heavy atom. The van der Waals surface area contributed by atoms with E-state index in [0.29, 0.717) is 19.4 Å². The minimum atomic E-state index is -0.702. The highest BCUT2D eigenvalue weighted by Gasteiger charge is 2.39. The summed E-state index contributed by atoms with van der Waals surface area (Å²) in [6.45, 7) is 6.18. The van der Waals surface area contributed by atoms with E-state index in [0.717, 1.165) is 30.8 Å². The van der Waals surface area contributed by atoms with Crippen LogP contribution >= 0.6 is 12.4 Å². The molecule has 6 heteroatoms. The summed E-state index contributed by atoms with van der Waals surface area (Å²) in [7, 11) is 1.62. The summed E-state index contributed by atoms with van der Waals surface area (Å²) in [6, 6.07) is 7.94. The average Bonchev–Trinajstić information content (AvgIpc) is 2.60. The molecule has 1 heterocycles. The molecule has 1 amide bonds. The molecular weight excluding hydrogens is 328 g/mol. The Morgan fingerprint density at radius 3 is 2.58 bits per heavy atom. The lowest BCUT2D eigenvalue weighted by atomic mass is 9.91. The predicted molar refractivity (Wildman–Crippen MR) is 98.0 cm³/mol. The summed E-state index contributed by atoms with van der Waals surface area (Å²) in [6.07, 6.45) is 2.18.